The number of nitrogens with one attached hydrogen (secondary N) is 2. The van der Waals surface area contributed by atoms with E-state index in [1.807, 2.05) is 13.0 Å². The molecule has 3 aromatic rings. The van der Waals surface area contributed by atoms with Crippen LogP contribution < -0.4 is 21.3 Å². The molecule has 3 amide bonds. The van der Waals surface area contributed by atoms with E-state index >= 15 is 0 Å². The second kappa shape index (κ2) is 9.84. The van der Waals surface area contributed by atoms with E-state index in [4.69, 9.17) is 5.73 Å². The minimum absolute atomic E-state index is 0.0351. The third kappa shape index (κ3) is 4.82. The van der Waals surface area contributed by atoms with Gasteiger partial charge in [-0.3, -0.25) is 19.3 Å². The molecule has 0 fully saturated rings. The molecule has 7 nitrogen and oxygen atoms in total. The Labute approximate surface area is 196 Å². The quantitative estimate of drug-likeness (QED) is 0.542. The van der Waals surface area contributed by atoms with Crippen LogP contribution in [0.2, 0.25) is 0 Å². The number of carbonyl (C=O) groups excluding carboxylic acids is 3. The van der Waals surface area contributed by atoms with Gasteiger partial charge in [-0.15, -0.1) is 0 Å². The van der Waals surface area contributed by atoms with E-state index in [1.54, 1.807) is 48.5 Å². The molecule has 4 N–H and O–H groups in total. The maximum atomic E-state index is 13.8. The first kappa shape index (κ1) is 23.1. The number of aryl methyl sites for hydroxylation is 1. The first-order chi connectivity index (χ1) is 16.4. The van der Waals surface area contributed by atoms with Gasteiger partial charge >= 0.3 is 0 Å². The van der Waals surface area contributed by atoms with Crippen molar-refractivity contribution in [2.24, 2.45) is 5.73 Å². The predicted molar refractivity (Wildman–Crippen MR) is 128 cm³/mol. The minimum atomic E-state index is -0.674. The summed E-state index contributed by atoms with van der Waals surface area (Å²) in [5.41, 5.74) is 8.57. The Hall–Kier alpha value is -4.04. The van der Waals surface area contributed by atoms with Crippen molar-refractivity contribution >= 4 is 29.1 Å². The zero-order chi connectivity index (χ0) is 24.2. The second-order valence-corrected chi connectivity index (χ2v) is 8.14. The normalized spacial score (nSPS) is 15.2. The topological polar surface area (TPSA) is 105 Å². The number of fused-ring (bicyclic) bond motifs is 1. The van der Waals surface area contributed by atoms with Crippen LogP contribution in [0.5, 0.6) is 0 Å². The van der Waals surface area contributed by atoms with Crippen molar-refractivity contribution in [2.75, 3.05) is 23.3 Å². The highest BCUT2D eigenvalue weighted by molar-refractivity contribution is 6.12. The Bertz CT molecular complexity index is 1240. The molecule has 1 atom stereocenters. The van der Waals surface area contributed by atoms with Crippen LogP contribution in [0.15, 0.2) is 66.7 Å². The van der Waals surface area contributed by atoms with Gasteiger partial charge in [0.25, 0.3) is 11.8 Å². The number of carbonyl (C=O) groups is 3. The fraction of sp³-hybridized carbons (Fsp3) is 0.192. The van der Waals surface area contributed by atoms with Crippen molar-refractivity contribution in [3.05, 3.63) is 94.8 Å². The number of amides is 3. The average Bonchev–Trinajstić information content (AvgIpc) is 2.97. The smallest absolute Gasteiger partial charge is 0.258 e. The monoisotopic (exact) mass is 460 g/mol. The molecule has 0 aliphatic carbocycles. The summed E-state index contributed by atoms with van der Waals surface area (Å²) in [5.74, 6) is -1.38. The molecule has 174 valence electrons. The largest absolute Gasteiger partial charge is 0.351 e. The molecule has 1 aliphatic heterocycles. The molecule has 4 rings (SSSR count). The van der Waals surface area contributed by atoms with Crippen LogP contribution in [0, 0.1) is 12.7 Å². The number of hydrogen-bond acceptors (Lipinski definition) is 4. The fourth-order valence-corrected chi connectivity index (χ4v) is 4.03. The predicted octanol–water partition coefficient (Wildman–Crippen LogP) is 3.55. The third-order valence-corrected chi connectivity index (χ3v) is 5.65. The Balaban J connectivity index is 1.84. The highest BCUT2D eigenvalue weighted by Gasteiger charge is 2.34. The summed E-state index contributed by atoms with van der Waals surface area (Å²) in [6, 6.07) is 17.0. The van der Waals surface area contributed by atoms with Crippen molar-refractivity contribution in [1.82, 2.24) is 5.32 Å². The van der Waals surface area contributed by atoms with Gasteiger partial charge in [0.1, 0.15) is 5.82 Å². The van der Waals surface area contributed by atoms with Crippen LogP contribution in [0.4, 0.5) is 15.8 Å². The molecule has 0 radical (unpaired) electrons. The van der Waals surface area contributed by atoms with Crippen LogP contribution in [0.1, 0.15) is 44.3 Å². The van der Waals surface area contributed by atoms with Gasteiger partial charge in [0.2, 0.25) is 5.91 Å². The Morgan fingerprint density at radius 1 is 1.09 bits per heavy atom. The second-order valence-electron chi connectivity index (χ2n) is 8.14. The first-order valence-corrected chi connectivity index (χ1v) is 10.9. The number of rotatable bonds is 5. The van der Waals surface area contributed by atoms with Crippen molar-refractivity contribution in [1.29, 1.82) is 0 Å². The van der Waals surface area contributed by atoms with E-state index in [-0.39, 0.29) is 24.1 Å². The summed E-state index contributed by atoms with van der Waals surface area (Å²) in [4.78, 5) is 40.7. The molecule has 0 aromatic heterocycles. The Kier molecular flexibility index (Phi) is 6.70. The molecular formula is C26H25FN4O3. The molecular weight excluding hydrogens is 435 g/mol. The Morgan fingerprint density at radius 2 is 1.85 bits per heavy atom. The van der Waals surface area contributed by atoms with Gasteiger partial charge in [-0.05, 0) is 55.0 Å². The zero-order valence-corrected chi connectivity index (χ0v) is 18.7. The van der Waals surface area contributed by atoms with Crippen LogP contribution in [0.25, 0.3) is 0 Å². The zero-order valence-electron chi connectivity index (χ0n) is 18.7. The molecule has 0 bridgehead atoms. The molecule has 0 saturated carbocycles. The lowest BCUT2D eigenvalue weighted by Gasteiger charge is -2.31. The molecule has 1 unspecified atom stereocenters. The third-order valence-electron chi connectivity index (χ3n) is 5.65. The first-order valence-electron chi connectivity index (χ1n) is 10.9. The molecule has 0 spiro atoms. The summed E-state index contributed by atoms with van der Waals surface area (Å²) in [5, 5.41) is 5.52. The number of nitrogens with zero attached hydrogens (tertiary/aromatic N) is 1. The maximum absolute atomic E-state index is 13.8. The molecule has 3 aromatic carbocycles. The molecule has 1 heterocycles. The average molecular weight is 461 g/mol. The number of halogens is 1. The molecule has 8 heteroatoms. The summed E-state index contributed by atoms with van der Waals surface area (Å²) >= 11 is 0. The lowest BCUT2D eigenvalue weighted by molar-refractivity contribution is -0.116. The van der Waals surface area contributed by atoms with Crippen LogP contribution in [-0.4, -0.2) is 30.8 Å². The number of anilines is 2. The minimum Gasteiger partial charge on any atom is -0.351 e. The van der Waals surface area contributed by atoms with Gasteiger partial charge in [-0.25, -0.2) is 4.39 Å². The van der Waals surface area contributed by atoms with E-state index < -0.39 is 11.9 Å². The number of benzene rings is 3. The van der Waals surface area contributed by atoms with E-state index in [0.29, 0.717) is 41.2 Å². The fourth-order valence-electron chi connectivity index (χ4n) is 4.03. The molecule has 0 saturated heterocycles. The van der Waals surface area contributed by atoms with Gasteiger partial charge in [0.15, 0.2) is 0 Å². The van der Waals surface area contributed by atoms with E-state index in [1.165, 1.54) is 17.0 Å². The van der Waals surface area contributed by atoms with Crippen molar-refractivity contribution in [3.8, 4) is 0 Å². The van der Waals surface area contributed by atoms with E-state index in [2.05, 4.69) is 10.6 Å². The van der Waals surface area contributed by atoms with Gasteiger partial charge in [-0.1, -0.05) is 29.8 Å². The van der Waals surface area contributed by atoms with Gasteiger partial charge in [0, 0.05) is 24.2 Å². The van der Waals surface area contributed by atoms with Crippen molar-refractivity contribution < 1.29 is 18.8 Å². The number of hydrogen-bond donors (Lipinski definition) is 3. The van der Waals surface area contributed by atoms with Crippen LogP contribution in [0.3, 0.4) is 0 Å². The lowest BCUT2D eigenvalue weighted by Crippen LogP contribution is -2.35. The van der Waals surface area contributed by atoms with Gasteiger partial charge in [-0.2, -0.15) is 0 Å². The standard InChI is InChI=1S/C26H25FN4O3/c1-16-3-2-4-19(13-16)26(34)31-22-10-7-18(25(33)29-12-11-28)14-21(22)30-24(32)15-23(31)17-5-8-20(27)9-6-17/h2-10,13-14,23H,11-12,15,28H2,1H3,(H,29,33)(H,30,32). The molecule has 34 heavy (non-hydrogen) atoms. The molecule has 1 aliphatic rings. The maximum Gasteiger partial charge on any atom is 0.258 e. The summed E-state index contributed by atoms with van der Waals surface area (Å²) < 4.78 is 13.6. The summed E-state index contributed by atoms with van der Waals surface area (Å²) in [7, 11) is 0. The van der Waals surface area contributed by atoms with Crippen molar-refractivity contribution in [3.63, 3.8) is 0 Å². The SMILES string of the molecule is Cc1cccc(C(=O)N2c3ccc(C(=O)NCCN)cc3NC(=O)CC2c2ccc(F)cc2)c1. The van der Waals surface area contributed by atoms with Crippen LogP contribution in [-0.2, 0) is 4.79 Å². The highest BCUT2D eigenvalue weighted by Crippen LogP contribution is 2.39. The van der Waals surface area contributed by atoms with E-state index in [9.17, 15) is 18.8 Å². The highest BCUT2D eigenvalue weighted by atomic mass is 19.1. The number of nitrogens with two attached hydrogens (primary N) is 1. The Morgan fingerprint density at radius 3 is 2.56 bits per heavy atom. The van der Waals surface area contributed by atoms with Gasteiger partial charge < -0.3 is 16.4 Å². The van der Waals surface area contributed by atoms with E-state index in [0.717, 1.165) is 5.56 Å². The lowest BCUT2D eigenvalue weighted by atomic mass is 9.99. The van der Waals surface area contributed by atoms with Crippen LogP contribution >= 0.6 is 0 Å². The summed E-state index contributed by atoms with van der Waals surface area (Å²) in [6.07, 6.45) is -0.0351. The van der Waals surface area contributed by atoms with Crippen molar-refractivity contribution in [2.45, 2.75) is 19.4 Å². The summed E-state index contributed by atoms with van der Waals surface area (Å²) in [6.45, 7) is 2.50. The van der Waals surface area contributed by atoms with Gasteiger partial charge in [0.05, 0.1) is 23.8 Å².